The van der Waals surface area contributed by atoms with Crippen LogP contribution in [-0.4, -0.2) is 10.1 Å². The van der Waals surface area contributed by atoms with Gasteiger partial charge in [-0.15, -0.1) is 11.3 Å². The van der Waals surface area contributed by atoms with Crippen LogP contribution in [0.15, 0.2) is 48.0 Å². The normalized spacial score (nSPS) is 10.7. The van der Waals surface area contributed by atoms with Gasteiger partial charge in [0.25, 0.3) is 0 Å². The first-order valence-electron chi connectivity index (χ1n) is 5.67. The third-order valence-corrected chi connectivity index (χ3v) is 3.66. The monoisotopic (exact) mass is 256 g/mol. The minimum absolute atomic E-state index is 0.289. The molecular formula is C14H12N2OS. The molecule has 3 aromatic rings. The Morgan fingerprint density at radius 2 is 1.94 bits per heavy atom. The number of pyridine rings is 1. The number of fused-ring (bicyclic) bond motifs is 1. The van der Waals surface area contributed by atoms with Crippen LogP contribution in [0, 0.1) is 0 Å². The number of hydrogen-bond donors (Lipinski definition) is 2. The molecule has 2 N–H and O–H groups in total. The first-order valence-corrected chi connectivity index (χ1v) is 6.55. The van der Waals surface area contributed by atoms with E-state index >= 15 is 0 Å². The molecule has 0 amide bonds. The zero-order valence-electron chi connectivity index (χ0n) is 9.63. The van der Waals surface area contributed by atoms with Crippen LogP contribution in [0.5, 0.6) is 5.75 Å². The van der Waals surface area contributed by atoms with Gasteiger partial charge in [0.15, 0.2) is 0 Å². The first-order chi connectivity index (χ1) is 8.83. The Bertz CT molecular complexity index is 661. The number of aromatic nitrogens is 1. The highest BCUT2D eigenvalue weighted by atomic mass is 32.1. The van der Waals surface area contributed by atoms with Gasteiger partial charge in [-0.05, 0) is 35.2 Å². The van der Waals surface area contributed by atoms with Crippen molar-refractivity contribution in [3.63, 3.8) is 0 Å². The maximum Gasteiger partial charge on any atom is 0.134 e. The number of phenols is 1. The van der Waals surface area contributed by atoms with E-state index in [0.29, 0.717) is 6.54 Å². The van der Waals surface area contributed by atoms with Crippen LogP contribution < -0.4 is 5.32 Å². The van der Waals surface area contributed by atoms with Crippen LogP contribution in [-0.2, 0) is 6.54 Å². The van der Waals surface area contributed by atoms with E-state index in [2.05, 4.69) is 21.7 Å². The van der Waals surface area contributed by atoms with E-state index in [1.54, 1.807) is 23.5 Å². The summed E-state index contributed by atoms with van der Waals surface area (Å²) in [4.78, 5) is 4.36. The van der Waals surface area contributed by atoms with Crippen LogP contribution in [0.3, 0.4) is 0 Å². The maximum absolute atomic E-state index is 9.22. The molecule has 0 atom stereocenters. The van der Waals surface area contributed by atoms with Gasteiger partial charge < -0.3 is 10.4 Å². The van der Waals surface area contributed by atoms with E-state index in [-0.39, 0.29) is 5.75 Å². The molecule has 0 saturated heterocycles. The fraction of sp³-hybridized carbons (Fsp3) is 0.0714. The van der Waals surface area contributed by atoms with Crippen molar-refractivity contribution in [3.8, 4) is 5.75 Å². The fourth-order valence-corrected chi connectivity index (χ4v) is 2.62. The molecule has 4 heteroatoms. The van der Waals surface area contributed by atoms with E-state index in [9.17, 15) is 5.11 Å². The third-order valence-electron chi connectivity index (χ3n) is 2.78. The zero-order valence-corrected chi connectivity index (χ0v) is 10.4. The van der Waals surface area contributed by atoms with Gasteiger partial charge in [0.2, 0.25) is 0 Å². The predicted molar refractivity (Wildman–Crippen MR) is 75.1 cm³/mol. The second-order valence-corrected chi connectivity index (χ2v) is 4.96. The molecule has 0 aliphatic heterocycles. The van der Waals surface area contributed by atoms with Crippen LogP contribution in [0.4, 0.5) is 5.82 Å². The quantitative estimate of drug-likeness (QED) is 0.752. The molecule has 0 unspecified atom stereocenters. The number of benzene rings is 1. The molecule has 0 bridgehead atoms. The van der Waals surface area contributed by atoms with E-state index in [4.69, 9.17) is 0 Å². The number of anilines is 1. The summed E-state index contributed by atoms with van der Waals surface area (Å²) >= 11 is 1.71. The van der Waals surface area contributed by atoms with Crippen LogP contribution in [0.2, 0.25) is 0 Å². The molecule has 0 radical (unpaired) electrons. The largest absolute Gasteiger partial charge is 0.508 e. The number of rotatable bonds is 3. The number of thiophene rings is 1. The summed E-state index contributed by atoms with van der Waals surface area (Å²) in [6, 6.07) is 11.3. The lowest BCUT2D eigenvalue weighted by Gasteiger charge is -2.06. The second kappa shape index (κ2) is 4.66. The third kappa shape index (κ3) is 2.15. The summed E-state index contributed by atoms with van der Waals surface area (Å²) in [5.74, 6) is 1.19. The Balaban J connectivity index is 1.80. The molecule has 1 aromatic carbocycles. The van der Waals surface area contributed by atoms with Crippen LogP contribution in [0.1, 0.15) is 5.56 Å². The number of nitrogens with one attached hydrogen (secondary N) is 1. The van der Waals surface area contributed by atoms with Gasteiger partial charge in [0.05, 0.1) is 0 Å². The van der Waals surface area contributed by atoms with Crippen LogP contribution in [0.25, 0.3) is 10.1 Å². The van der Waals surface area contributed by atoms with E-state index in [1.165, 1.54) is 4.70 Å². The molecule has 0 aliphatic carbocycles. The lowest BCUT2D eigenvalue weighted by Crippen LogP contribution is -2.01. The Morgan fingerprint density at radius 1 is 1.11 bits per heavy atom. The van der Waals surface area contributed by atoms with E-state index in [0.717, 1.165) is 16.8 Å². The summed E-state index contributed by atoms with van der Waals surface area (Å²) in [5, 5.41) is 15.8. The fourth-order valence-electron chi connectivity index (χ4n) is 1.84. The molecule has 0 saturated carbocycles. The highest BCUT2D eigenvalue weighted by Crippen LogP contribution is 2.26. The summed E-state index contributed by atoms with van der Waals surface area (Å²) in [6.45, 7) is 0.697. The average Bonchev–Trinajstić information content (AvgIpc) is 2.87. The first kappa shape index (κ1) is 11.0. The highest BCUT2D eigenvalue weighted by molar-refractivity contribution is 7.17. The number of nitrogens with zero attached hydrogens (tertiary/aromatic N) is 1. The smallest absolute Gasteiger partial charge is 0.134 e. The van der Waals surface area contributed by atoms with Gasteiger partial charge in [0, 0.05) is 22.8 Å². The number of hydrogen-bond acceptors (Lipinski definition) is 4. The van der Waals surface area contributed by atoms with E-state index in [1.807, 2.05) is 24.4 Å². The predicted octanol–water partition coefficient (Wildman–Crippen LogP) is 3.61. The molecule has 0 fully saturated rings. The van der Waals surface area contributed by atoms with Crippen molar-refractivity contribution in [3.05, 3.63) is 53.5 Å². The molecular weight excluding hydrogens is 244 g/mol. The Kier molecular flexibility index (Phi) is 2.86. The minimum Gasteiger partial charge on any atom is -0.508 e. The second-order valence-electron chi connectivity index (χ2n) is 4.01. The van der Waals surface area contributed by atoms with Crippen molar-refractivity contribution in [2.24, 2.45) is 0 Å². The molecule has 90 valence electrons. The maximum atomic E-state index is 9.22. The van der Waals surface area contributed by atoms with Crippen molar-refractivity contribution in [1.82, 2.24) is 4.98 Å². The lowest BCUT2D eigenvalue weighted by atomic mass is 10.2. The van der Waals surface area contributed by atoms with Gasteiger partial charge in [-0.2, -0.15) is 0 Å². The summed E-state index contributed by atoms with van der Waals surface area (Å²) in [5.41, 5.74) is 1.11. The van der Waals surface area contributed by atoms with Crippen molar-refractivity contribution in [2.45, 2.75) is 6.54 Å². The number of aromatic hydroxyl groups is 1. The van der Waals surface area contributed by atoms with Gasteiger partial charge in [0.1, 0.15) is 11.6 Å². The standard InChI is InChI=1S/C14H12N2OS/c17-11-3-1-10(2-4-11)9-16-14-12-6-8-18-13(12)5-7-15-14/h1-8,17H,9H2,(H,15,16). The summed E-state index contributed by atoms with van der Waals surface area (Å²) in [7, 11) is 0. The summed E-state index contributed by atoms with van der Waals surface area (Å²) < 4.78 is 1.23. The van der Waals surface area contributed by atoms with Gasteiger partial charge in [-0.25, -0.2) is 4.98 Å². The zero-order chi connectivity index (χ0) is 12.4. The number of phenolic OH excluding ortho intramolecular Hbond substituents is 1. The van der Waals surface area contributed by atoms with Crippen molar-refractivity contribution in [2.75, 3.05) is 5.32 Å². The topological polar surface area (TPSA) is 45.1 Å². The van der Waals surface area contributed by atoms with Crippen LogP contribution >= 0.6 is 11.3 Å². The average molecular weight is 256 g/mol. The minimum atomic E-state index is 0.289. The van der Waals surface area contributed by atoms with Crippen molar-refractivity contribution in [1.29, 1.82) is 0 Å². The lowest BCUT2D eigenvalue weighted by molar-refractivity contribution is 0.475. The Morgan fingerprint density at radius 3 is 2.78 bits per heavy atom. The molecule has 3 rings (SSSR count). The molecule has 0 aliphatic rings. The van der Waals surface area contributed by atoms with Gasteiger partial charge in [-0.3, -0.25) is 0 Å². The van der Waals surface area contributed by atoms with Crippen molar-refractivity contribution >= 4 is 27.2 Å². The summed E-state index contributed by atoms with van der Waals surface area (Å²) in [6.07, 6.45) is 1.82. The molecule has 18 heavy (non-hydrogen) atoms. The molecule has 2 heterocycles. The Labute approximate surface area is 109 Å². The van der Waals surface area contributed by atoms with E-state index < -0.39 is 0 Å². The molecule has 0 spiro atoms. The SMILES string of the molecule is Oc1ccc(CNc2nccc3sccc23)cc1. The Hall–Kier alpha value is -2.07. The molecule has 2 aromatic heterocycles. The van der Waals surface area contributed by atoms with Gasteiger partial charge >= 0.3 is 0 Å². The highest BCUT2D eigenvalue weighted by Gasteiger charge is 2.02. The van der Waals surface area contributed by atoms with Crippen molar-refractivity contribution < 1.29 is 5.11 Å². The van der Waals surface area contributed by atoms with Gasteiger partial charge in [-0.1, -0.05) is 12.1 Å². The molecule has 3 nitrogen and oxygen atoms in total.